The van der Waals surface area contributed by atoms with Crippen LogP contribution in [0.15, 0.2) is 54.1 Å². The average Bonchev–Trinajstić information content (AvgIpc) is 3.35. The maximum atomic E-state index is 13.3. The minimum absolute atomic E-state index is 0.122. The largest absolute Gasteiger partial charge is 0.322 e. The molecule has 4 atom stereocenters. The summed E-state index contributed by atoms with van der Waals surface area (Å²) in [5.74, 6) is -1.13. The topological polar surface area (TPSA) is 66.5 Å². The second-order valence-electron chi connectivity index (χ2n) is 8.41. The number of para-hydroxylation sites is 1. The summed E-state index contributed by atoms with van der Waals surface area (Å²) in [5.41, 5.74) is 3.29. The van der Waals surface area contributed by atoms with E-state index < -0.39 is 0 Å². The number of fused-ring (bicyclic) bond motifs is 5. The number of hydrogen-bond acceptors (Lipinski definition) is 3. The molecule has 2 aromatic rings. The minimum Gasteiger partial charge on any atom is -0.322 e. The van der Waals surface area contributed by atoms with Crippen LogP contribution in [0.5, 0.6) is 0 Å². The number of amides is 3. The highest BCUT2D eigenvalue weighted by atomic mass is 35.5. The molecular weight excluding hydrogens is 400 g/mol. The van der Waals surface area contributed by atoms with Gasteiger partial charge < -0.3 is 5.32 Å². The summed E-state index contributed by atoms with van der Waals surface area (Å²) in [6.45, 7) is 3.91. The number of hydrogen-bond donors (Lipinski definition) is 1. The quantitative estimate of drug-likeness (QED) is 0.582. The fraction of sp³-hybridized carbons (Fsp3) is 0.292. The van der Waals surface area contributed by atoms with Crippen LogP contribution in [0, 0.1) is 30.6 Å². The smallest absolute Gasteiger partial charge is 0.257 e. The Kier molecular flexibility index (Phi) is 4.33. The zero-order valence-corrected chi connectivity index (χ0v) is 17.4. The van der Waals surface area contributed by atoms with Crippen molar-refractivity contribution >= 4 is 40.7 Å². The molecule has 1 heterocycles. The molecular formula is C24H21ClN2O3. The van der Waals surface area contributed by atoms with Gasteiger partial charge in [0.05, 0.1) is 23.1 Å². The number of allylic oxidation sites excluding steroid dienone is 2. The molecule has 0 aromatic heterocycles. The third-order valence-corrected chi connectivity index (χ3v) is 6.95. The van der Waals surface area contributed by atoms with Crippen molar-refractivity contribution in [2.24, 2.45) is 23.7 Å². The Hall–Kier alpha value is -2.92. The fourth-order valence-electron chi connectivity index (χ4n) is 5.29. The number of anilines is 2. The summed E-state index contributed by atoms with van der Waals surface area (Å²) in [5, 5.41) is 3.38. The Morgan fingerprint density at radius 3 is 2.60 bits per heavy atom. The molecule has 5 nitrogen and oxygen atoms in total. The molecule has 2 aromatic carbocycles. The molecule has 0 spiro atoms. The van der Waals surface area contributed by atoms with Crippen LogP contribution in [0.1, 0.15) is 29.3 Å². The molecule has 6 heteroatoms. The summed E-state index contributed by atoms with van der Waals surface area (Å²) in [6, 6.07) is 12.0. The number of halogens is 1. The number of nitrogens with zero attached hydrogens (tertiary/aromatic N) is 1. The highest BCUT2D eigenvalue weighted by Crippen LogP contribution is 2.56. The molecule has 152 valence electrons. The molecule has 2 bridgehead atoms. The third-order valence-electron chi connectivity index (χ3n) is 6.72. The van der Waals surface area contributed by atoms with Crippen molar-refractivity contribution in [1.82, 2.24) is 0 Å². The van der Waals surface area contributed by atoms with Crippen molar-refractivity contribution < 1.29 is 14.4 Å². The summed E-state index contributed by atoms with van der Waals surface area (Å²) < 4.78 is 0. The number of carbonyl (C=O) groups excluding carboxylic acids is 3. The van der Waals surface area contributed by atoms with Crippen LogP contribution in [0.3, 0.4) is 0 Å². The molecule has 0 radical (unpaired) electrons. The Labute approximate surface area is 179 Å². The first-order chi connectivity index (χ1) is 14.4. The van der Waals surface area contributed by atoms with E-state index in [9.17, 15) is 14.4 Å². The van der Waals surface area contributed by atoms with Gasteiger partial charge in [0.1, 0.15) is 0 Å². The van der Waals surface area contributed by atoms with Crippen molar-refractivity contribution in [3.63, 3.8) is 0 Å². The molecule has 5 rings (SSSR count). The summed E-state index contributed by atoms with van der Waals surface area (Å²) in [4.78, 5) is 40.9. The van der Waals surface area contributed by atoms with Crippen LogP contribution in [0.25, 0.3) is 0 Å². The fourth-order valence-corrected chi connectivity index (χ4v) is 5.46. The van der Waals surface area contributed by atoms with E-state index in [2.05, 4.69) is 11.4 Å². The van der Waals surface area contributed by atoms with Crippen molar-refractivity contribution in [2.75, 3.05) is 10.2 Å². The van der Waals surface area contributed by atoms with E-state index in [0.29, 0.717) is 16.4 Å². The maximum Gasteiger partial charge on any atom is 0.257 e. The summed E-state index contributed by atoms with van der Waals surface area (Å²) in [7, 11) is 0. The third kappa shape index (κ3) is 2.72. The molecule has 3 amide bonds. The van der Waals surface area contributed by atoms with Crippen LogP contribution < -0.4 is 10.2 Å². The number of benzene rings is 2. The molecule has 0 unspecified atom stereocenters. The van der Waals surface area contributed by atoms with Crippen molar-refractivity contribution in [3.05, 3.63) is 70.3 Å². The van der Waals surface area contributed by atoms with E-state index in [-0.39, 0.29) is 47.0 Å². The molecule has 1 aliphatic heterocycles. The van der Waals surface area contributed by atoms with E-state index >= 15 is 0 Å². The lowest BCUT2D eigenvalue weighted by Gasteiger charge is -2.21. The van der Waals surface area contributed by atoms with Crippen molar-refractivity contribution in [1.29, 1.82) is 0 Å². The van der Waals surface area contributed by atoms with E-state index in [4.69, 9.17) is 11.6 Å². The molecule has 30 heavy (non-hydrogen) atoms. The van der Waals surface area contributed by atoms with Gasteiger partial charge in [-0.25, -0.2) is 4.90 Å². The van der Waals surface area contributed by atoms with Gasteiger partial charge in [-0.2, -0.15) is 0 Å². The molecule has 2 aliphatic carbocycles. The Balaban J connectivity index is 1.49. The van der Waals surface area contributed by atoms with Crippen LogP contribution in [0.4, 0.5) is 11.4 Å². The Bertz CT molecular complexity index is 1140. The van der Waals surface area contributed by atoms with Gasteiger partial charge in [-0.05, 0) is 61.9 Å². The highest BCUT2D eigenvalue weighted by molar-refractivity contribution is 6.31. The summed E-state index contributed by atoms with van der Waals surface area (Å²) >= 11 is 6.07. The normalized spacial score (nSPS) is 26.8. The monoisotopic (exact) mass is 420 g/mol. The predicted octanol–water partition coefficient (Wildman–Crippen LogP) is 4.60. The number of nitrogens with one attached hydrogen (secondary N) is 1. The second-order valence-corrected chi connectivity index (χ2v) is 8.85. The van der Waals surface area contributed by atoms with Gasteiger partial charge in [0, 0.05) is 10.7 Å². The lowest BCUT2D eigenvalue weighted by atomic mass is 9.82. The Morgan fingerprint density at radius 2 is 1.80 bits per heavy atom. The van der Waals surface area contributed by atoms with Gasteiger partial charge >= 0.3 is 0 Å². The minimum atomic E-state index is -0.383. The van der Waals surface area contributed by atoms with Gasteiger partial charge in [-0.3, -0.25) is 14.4 Å². The lowest BCUT2D eigenvalue weighted by Crippen LogP contribution is -2.34. The van der Waals surface area contributed by atoms with Gasteiger partial charge in [-0.1, -0.05) is 41.4 Å². The van der Waals surface area contributed by atoms with Gasteiger partial charge in [-0.15, -0.1) is 0 Å². The Morgan fingerprint density at radius 1 is 1.07 bits per heavy atom. The second kappa shape index (κ2) is 6.81. The SMILES string of the molecule is CC1=C[C@@H]2C[C@H]1[C@@H]1C(=O)N(c3ccccc3C(=O)Nc3cc(Cl)ccc3C)C(=O)[C@H]12. The maximum absolute atomic E-state index is 13.3. The molecule has 1 N–H and O–H groups in total. The van der Waals surface area contributed by atoms with Crippen LogP contribution in [-0.4, -0.2) is 17.7 Å². The zero-order valence-electron chi connectivity index (χ0n) is 16.7. The van der Waals surface area contributed by atoms with E-state index in [1.165, 1.54) is 10.5 Å². The van der Waals surface area contributed by atoms with Crippen molar-refractivity contribution in [3.8, 4) is 0 Å². The first-order valence-electron chi connectivity index (χ1n) is 10.1. The highest BCUT2D eigenvalue weighted by Gasteiger charge is 2.61. The molecule has 3 aliphatic rings. The first kappa shape index (κ1) is 19.1. The number of carbonyl (C=O) groups is 3. The zero-order chi connectivity index (χ0) is 21.2. The number of rotatable bonds is 3. The molecule has 1 saturated carbocycles. The van der Waals surface area contributed by atoms with E-state index in [1.54, 1.807) is 36.4 Å². The molecule has 2 fully saturated rings. The number of imide groups is 1. The van der Waals surface area contributed by atoms with Gasteiger partial charge in [0.15, 0.2) is 0 Å². The van der Waals surface area contributed by atoms with E-state index in [1.807, 2.05) is 19.9 Å². The van der Waals surface area contributed by atoms with Crippen LogP contribution in [0.2, 0.25) is 5.02 Å². The van der Waals surface area contributed by atoms with Gasteiger partial charge in [0.2, 0.25) is 11.8 Å². The van der Waals surface area contributed by atoms with Crippen molar-refractivity contribution in [2.45, 2.75) is 20.3 Å². The van der Waals surface area contributed by atoms with Crippen LogP contribution >= 0.6 is 11.6 Å². The molecule has 1 saturated heterocycles. The lowest BCUT2D eigenvalue weighted by molar-refractivity contribution is -0.123. The van der Waals surface area contributed by atoms with Gasteiger partial charge in [0.25, 0.3) is 5.91 Å². The summed E-state index contributed by atoms with van der Waals surface area (Å²) in [6.07, 6.45) is 3.02. The standard InChI is InChI=1S/C24H21ClN2O3/c1-12-7-8-15(25)11-18(12)26-22(28)16-5-3-4-6-19(16)27-23(29)20-14-9-13(2)17(10-14)21(20)24(27)30/h3-9,11,14,17,20-21H,10H2,1-2H3,(H,26,28)/t14-,17-,20+,21+/m1/s1. The van der Waals surface area contributed by atoms with Crippen LogP contribution in [-0.2, 0) is 9.59 Å². The van der Waals surface area contributed by atoms with E-state index in [0.717, 1.165) is 12.0 Å². The average molecular weight is 421 g/mol. The predicted molar refractivity (Wildman–Crippen MR) is 115 cm³/mol. The first-order valence-corrected chi connectivity index (χ1v) is 10.5. The number of aryl methyl sites for hydroxylation is 1.